The third-order valence-electron chi connectivity index (χ3n) is 3.83. The quantitative estimate of drug-likeness (QED) is 0.835. The molecule has 2 amide bonds. The minimum atomic E-state index is -0.429. The van der Waals surface area contributed by atoms with E-state index in [0.29, 0.717) is 18.0 Å². The van der Waals surface area contributed by atoms with E-state index in [1.165, 1.54) is 0 Å². The number of hydrogen-bond acceptors (Lipinski definition) is 2. The minimum absolute atomic E-state index is 0.181. The van der Waals surface area contributed by atoms with Gasteiger partial charge in [-0.1, -0.05) is 54.1 Å². The molecule has 0 bridgehead atoms. The van der Waals surface area contributed by atoms with Crippen LogP contribution in [0.3, 0.4) is 0 Å². The fraction of sp³-hybridized carbons (Fsp3) is 0.316. The number of hydrogen-bond donors (Lipinski definition) is 2. The van der Waals surface area contributed by atoms with Crippen molar-refractivity contribution in [3.05, 3.63) is 70.7 Å². The van der Waals surface area contributed by atoms with E-state index in [-0.39, 0.29) is 12.1 Å². The van der Waals surface area contributed by atoms with Crippen molar-refractivity contribution < 1.29 is 9.90 Å². The Hall–Kier alpha value is -2.04. The molecule has 4 nitrogen and oxygen atoms in total. The second-order valence-corrected chi connectivity index (χ2v) is 6.34. The highest BCUT2D eigenvalue weighted by atomic mass is 35.5. The van der Waals surface area contributed by atoms with E-state index in [1.807, 2.05) is 54.6 Å². The van der Waals surface area contributed by atoms with Gasteiger partial charge in [0.2, 0.25) is 0 Å². The van der Waals surface area contributed by atoms with Gasteiger partial charge in [0.15, 0.2) is 0 Å². The summed E-state index contributed by atoms with van der Waals surface area (Å²) in [6.45, 7) is 2.21. The van der Waals surface area contributed by atoms with E-state index in [0.717, 1.165) is 11.1 Å². The van der Waals surface area contributed by atoms with Gasteiger partial charge in [-0.25, -0.2) is 4.79 Å². The van der Waals surface area contributed by atoms with Crippen molar-refractivity contribution in [3.8, 4) is 0 Å². The van der Waals surface area contributed by atoms with E-state index in [1.54, 1.807) is 18.9 Å². The van der Waals surface area contributed by atoms with Gasteiger partial charge >= 0.3 is 6.03 Å². The van der Waals surface area contributed by atoms with Crippen LogP contribution in [-0.2, 0) is 0 Å². The Balaban J connectivity index is 2.17. The maximum atomic E-state index is 12.5. The van der Waals surface area contributed by atoms with Gasteiger partial charge in [0.05, 0.1) is 12.1 Å². The molecule has 24 heavy (non-hydrogen) atoms. The molecule has 2 rings (SSSR count). The average molecular weight is 347 g/mol. The number of carbonyl (C=O) groups excluding carboxylic acids is 1. The van der Waals surface area contributed by atoms with Gasteiger partial charge in [-0.2, -0.15) is 0 Å². The first kappa shape index (κ1) is 18.3. The first-order chi connectivity index (χ1) is 11.5. The van der Waals surface area contributed by atoms with Crippen molar-refractivity contribution in [3.63, 3.8) is 0 Å². The van der Waals surface area contributed by atoms with Crippen molar-refractivity contribution in [1.29, 1.82) is 0 Å². The van der Waals surface area contributed by atoms with Crippen LogP contribution in [0.1, 0.15) is 30.5 Å². The molecule has 2 aromatic carbocycles. The van der Waals surface area contributed by atoms with Crippen LogP contribution in [0.25, 0.3) is 0 Å². The molecule has 0 aromatic heterocycles. The lowest BCUT2D eigenvalue weighted by molar-refractivity contribution is 0.162. The van der Waals surface area contributed by atoms with Gasteiger partial charge in [0.1, 0.15) is 0 Å². The highest BCUT2D eigenvalue weighted by Gasteiger charge is 2.19. The number of urea groups is 1. The van der Waals surface area contributed by atoms with Gasteiger partial charge in [-0.05, 0) is 36.6 Å². The Morgan fingerprint density at radius 2 is 1.71 bits per heavy atom. The second-order valence-electron chi connectivity index (χ2n) is 5.90. The van der Waals surface area contributed by atoms with Gasteiger partial charge < -0.3 is 15.3 Å². The molecule has 0 aliphatic heterocycles. The van der Waals surface area contributed by atoms with Crippen molar-refractivity contribution >= 4 is 17.6 Å². The van der Waals surface area contributed by atoms with Crippen LogP contribution in [0.2, 0.25) is 5.02 Å². The van der Waals surface area contributed by atoms with E-state index in [2.05, 4.69) is 5.32 Å². The summed E-state index contributed by atoms with van der Waals surface area (Å²) >= 11 is 5.97. The van der Waals surface area contributed by atoms with Crippen molar-refractivity contribution in [2.75, 3.05) is 13.6 Å². The number of benzene rings is 2. The fourth-order valence-corrected chi connectivity index (χ4v) is 2.50. The molecule has 0 saturated carbocycles. The molecular weight excluding hydrogens is 324 g/mol. The third-order valence-corrected chi connectivity index (χ3v) is 4.09. The standard InChI is InChI=1S/C19H23ClN2O2/c1-14(23)12-13-22(2)19(24)21-18(15-6-4-3-5-7-15)16-8-10-17(20)11-9-16/h3-11,14,18,23H,12-13H2,1-2H3,(H,21,24). The third kappa shape index (κ3) is 5.25. The zero-order valence-corrected chi connectivity index (χ0v) is 14.7. The summed E-state index contributed by atoms with van der Waals surface area (Å²) in [5, 5.41) is 13.1. The van der Waals surface area contributed by atoms with Crippen molar-refractivity contribution in [2.45, 2.75) is 25.5 Å². The topological polar surface area (TPSA) is 52.6 Å². The Labute approximate surface area is 148 Å². The summed E-state index contributed by atoms with van der Waals surface area (Å²) in [7, 11) is 1.72. The number of aliphatic hydroxyl groups excluding tert-OH is 1. The second kappa shape index (κ2) is 8.71. The molecule has 0 heterocycles. The Morgan fingerprint density at radius 1 is 1.12 bits per heavy atom. The molecule has 0 aliphatic rings. The van der Waals surface area contributed by atoms with Crippen LogP contribution >= 0.6 is 11.6 Å². The number of nitrogens with one attached hydrogen (secondary N) is 1. The number of nitrogens with zero attached hydrogens (tertiary/aromatic N) is 1. The van der Waals surface area contributed by atoms with E-state index < -0.39 is 6.10 Å². The summed E-state index contributed by atoms with van der Waals surface area (Å²) < 4.78 is 0. The summed E-state index contributed by atoms with van der Waals surface area (Å²) in [6, 6.07) is 16.8. The Bertz CT molecular complexity index is 644. The highest BCUT2D eigenvalue weighted by molar-refractivity contribution is 6.30. The van der Waals surface area contributed by atoms with Crippen LogP contribution < -0.4 is 5.32 Å². The SMILES string of the molecule is CC(O)CCN(C)C(=O)NC(c1ccccc1)c1ccc(Cl)cc1. The molecule has 2 aromatic rings. The highest BCUT2D eigenvalue weighted by Crippen LogP contribution is 2.23. The fourth-order valence-electron chi connectivity index (χ4n) is 2.38. The molecule has 0 saturated heterocycles. The lowest BCUT2D eigenvalue weighted by atomic mass is 9.99. The lowest BCUT2D eigenvalue weighted by Gasteiger charge is -2.25. The number of carbonyl (C=O) groups is 1. The van der Waals surface area contributed by atoms with Crippen LogP contribution in [-0.4, -0.2) is 35.7 Å². The molecule has 2 atom stereocenters. The Kier molecular flexibility index (Phi) is 6.64. The summed E-state index contributed by atoms with van der Waals surface area (Å²) in [6.07, 6.45) is 0.113. The molecule has 2 N–H and O–H groups in total. The average Bonchev–Trinajstić information content (AvgIpc) is 2.59. The number of amides is 2. The van der Waals surface area contributed by atoms with Crippen LogP contribution in [0.4, 0.5) is 4.79 Å². The number of rotatable bonds is 6. The number of aliphatic hydroxyl groups is 1. The molecule has 5 heteroatoms. The molecule has 0 fully saturated rings. The monoisotopic (exact) mass is 346 g/mol. The summed E-state index contributed by atoms with van der Waals surface area (Å²) in [4.78, 5) is 14.1. The lowest BCUT2D eigenvalue weighted by Crippen LogP contribution is -2.40. The number of halogens is 1. The van der Waals surface area contributed by atoms with Crippen molar-refractivity contribution in [1.82, 2.24) is 10.2 Å². The normalized spacial score (nSPS) is 13.2. The molecule has 0 aliphatic carbocycles. The predicted molar refractivity (Wildman–Crippen MR) is 97.2 cm³/mol. The maximum Gasteiger partial charge on any atom is 0.317 e. The predicted octanol–water partition coefficient (Wildman–Crippen LogP) is 3.84. The van der Waals surface area contributed by atoms with Crippen molar-refractivity contribution in [2.24, 2.45) is 0 Å². The zero-order chi connectivity index (χ0) is 17.5. The maximum absolute atomic E-state index is 12.5. The van der Waals surface area contributed by atoms with E-state index in [9.17, 15) is 9.90 Å². The Morgan fingerprint density at radius 3 is 2.29 bits per heavy atom. The summed E-state index contributed by atoms with van der Waals surface area (Å²) in [5.74, 6) is 0. The van der Waals surface area contributed by atoms with Gasteiger partial charge in [-0.3, -0.25) is 0 Å². The smallest absolute Gasteiger partial charge is 0.317 e. The first-order valence-corrected chi connectivity index (χ1v) is 8.35. The molecule has 0 spiro atoms. The molecular formula is C19H23ClN2O2. The minimum Gasteiger partial charge on any atom is -0.393 e. The molecule has 0 radical (unpaired) electrons. The molecule has 128 valence electrons. The van der Waals surface area contributed by atoms with Gasteiger partial charge in [-0.15, -0.1) is 0 Å². The van der Waals surface area contributed by atoms with Crippen LogP contribution in [0, 0.1) is 0 Å². The van der Waals surface area contributed by atoms with Crippen LogP contribution in [0.15, 0.2) is 54.6 Å². The van der Waals surface area contributed by atoms with Crippen LogP contribution in [0.5, 0.6) is 0 Å². The van der Waals surface area contributed by atoms with Gasteiger partial charge in [0.25, 0.3) is 0 Å². The van der Waals surface area contributed by atoms with E-state index in [4.69, 9.17) is 11.6 Å². The van der Waals surface area contributed by atoms with Gasteiger partial charge in [0, 0.05) is 18.6 Å². The first-order valence-electron chi connectivity index (χ1n) is 7.97. The zero-order valence-electron chi connectivity index (χ0n) is 13.9. The summed E-state index contributed by atoms with van der Waals surface area (Å²) in [5.41, 5.74) is 1.96. The molecule has 2 unspecified atom stereocenters. The largest absolute Gasteiger partial charge is 0.393 e. The van der Waals surface area contributed by atoms with E-state index >= 15 is 0 Å².